The highest BCUT2D eigenvalue weighted by Gasteiger charge is 2.32. The molecule has 1 saturated heterocycles. The van der Waals surface area contributed by atoms with E-state index in [2.05, 4.69) is 4.74 Å². The standard InChI is InChI=1S/C12H20F3NO4/c1-16(8-11(18)3-6-19-7-4-11)10(17)2-5-20-9-12(13,14)15/h18H,2-9H2,1H3. The van der Waals surface area contributed by atoms with Gasteiger partial charge in [-0.1, -0.05) is 0 Å². The van der Waals surface area contributed by atoms with Crippen LogP contribution in [0.3, 0.4) is 0 Å². The van der Waals surface area contributed by atoms with Gasteiger partial charge in [0.1, 0.15) is 6.61 Å². The zero-order valence-corrected chi connectivity index (χ0v) is 11.4. The van der Waals surface area contributed by atoms with Crippen molar-refractivity contribution in [1.29, 1.82) is 0 Å². The number of hydrogen-bond donors (Lipinski definition) is 1. The smallest absolute Gasteiger partial charge is 0.388 e. The Morgan fingerprint density at radius 3 is 2.55 bits per heavy atom. The number of halogens is 3. The maximum atomic E-state index is 11.8. The molecule has 0 bridgehead atoms. The number of likely N-dealkylation sites (N-methyl/N-ethyl adjacent to an activating group) is 1. The van der Waals surface area contributed by atoms with E-state index in [0.29, 0.717) is 26.1 Å². The summed E-state index contributed by atoms with van der Waals surface area (Å²) in [5.41, 5.74) is -0.977. The summed E-state index contributed by atoms with van der Waals surface area (Å²) in [5.74, 6) is -0.355. The van der Waals surface area contributed by atoms with E-state index in [9.17, 15) is 23.1 Å². The molecule has 5 nitrogen and oxygen atoms in total. The molecule has 1 aliphatic rings. The van der Waals surface area contributed by atoms with Crippen LogP contribution in [0.2, 0.25) is 0 Å². The van der Waals surface area contributed by atoms with Gasteiger partial charge in [0.15, 0.2) is 0 Å². The molecule has 0 saturated carbocycles. The van der Waals surface area contributed by atoms with E-state index in [1.165, 1.54) is 11.9 Å². The van der Waals surface area contributed by atoms with E-state index < -0.39 is 18.4 Å². The molecule has 1 heterocycles. The Morgan fingerprint density at radius 2 is 2.00 bits per heavy atom. The van der Waals surface area contributed by atoms with Gasteiger partial charge in [0.2, 0.25) is 5.91 Å². The number of hydrogen-bond acceptors (Lipinski definition) is 4. The van der Waals surface area contributed by atoms with Crippen LogP contribution in [0, 0.1) is 0 Å². The highest BCUT2D eigenvalue weighted by molar-refractivity contribution is 5.76. The molecule has 1 fully saturated rings. The largest absolute Gasteiger partial charge is 0.411 e. The van der Waals surface area contributed by atoms with Crippen molar-refractivity contribution in [2.45, 2.75) is 31.0 Å². The average molecular weight is 299 g/mol. The molecule has 0 aliphatic carbocycles. The highest BCUT2D eigenvalue weighted by atomic mass is 19.4. The average Bonchev–Trinajstić information content (AvgIpc) is 2.33. The number of aliphatic hydroxyl groups is 1. The minimum Gasteiger partial charge on any atom is -0.388 e. The van der Waals surface area contributed by atoms with E-state index in [1.807, 2.05) is 0 Å². The lowest BCUT2D eigenvalue weighted by molar-refractivity contribution is -0.175. The number of amides is 1. The molecule has 1 rings (SSSR count). The van der Waals surface area contributed by atoms with E-state index in [1.54, 1.807) is 0 Å². The van der Waals surface area contributed by atoms with Crippen LogP contribution in [0.1, 0.15) is 19.3 Å². The second-order valence-electron chi connectivity index (χ2n) is 5.00. The van der Waals surface area contributed by atoms with Crippen molar-refractivity contribution in [3.63, 3.8) is 0 Å². The molecule has 118 valence electrons. The highest BCUT2D eigenvalue weighted by Crippen LogP contribution is 2.21. The van der Waals surface area contributed by atoms with Crippen molar-refractivity contribution in [2.75, 3.05) is 40.0 Å². The lowest BCUT2D eigenvalue weighted by Gasteiger charge is -2.35. The van der Waals surface area contributed by atoms with E-state index in [4.69, 9.17) is 4.74 Å². The van der Waals surface area contributed by atoms with Gasteiger partial charge in [-0.2, -0.15) is 13.2 Å². The lowest BCUT2D eigenvalue weighted by Crippen LogP contribution is -2.47. The maximum Gasteiger partial charge on any atom is 0.411 e. The van der Waals surface area contributed by atoms with Gasteiger partial charge >= 0.3 is 6.18 Å². The molecule has 0 radical (unpaired) electrons. The summed E-state index contributed by atoms with van der Waals surface area (Å²) in [6, 6.07) is 0. The second-order valence-corrected chi connectivity index (χ2v) is 5.00. The summed E-state index contributed by atoms with van der Waals surface area (Å²) in [6.45, 7) is -0.621. The van der Waals surface area contributed by atoms with Crippen molar-refractivity contribution in [3.05, 3.63) is 0 Å². The van der Waals surface area contributed by atoms with Gasteiger partial charge in [0.05, 0.1) is 18.6 Å². The summed E-state index contributed by atoms with van der Waals surface area (Å²) in [4.78, 5) is 13.0. The predicted octanol–water partition coefficient (Wildman–Crippen LogP) is 0.955. The van der Waals surface area contributed by atoms with Gasteiger partial charge in [0.25, 0.3) is 0 Å². The van der Waals surface area contributed by atoms with E-state index >= 15 is 0 Å². The molecule has 1 amide bonds. The van der Waals surface area contributed by atoms with Gasteiger partial charge in [-0.15, -0.1) is 0 Å². The van der Waals surface area contributed by atoms with Crippen LogP contribution in [0.5, 0.6) is 0 Å². The molecular formula is C12H20F3NO4. The van der Waals surface area contributed by atoms with Gasteiger partial charge < -0.3 is 19.5 Å². The Morgan fingerprint density at radius 1 is 1.40 bits per heavy atom. The van der Waals surface area contributed by atoms with Crippen molar-refractivity contribution in [2.24, 2.45) is 0 Å². The van der Waals surface area contributed by atoms with Crippen LogP contribution in [0.25, 0.3) is 0 Å². The first-order valence-corrected chi connectivity index (χ1v) is 6.40. The zero-order chi connectivity index (χ0) is 15.2. The van der Waals surface area contributed by atoms with Crippen molar-refractivity contribution in [1.82, 2.24) is 4.90 Å². The molecule has 0 spiro atoms. The number of ether oxygens (including phenoxy) is 2. The maximum absolute atomic E-state index is 11.8. The summed E-state index contributed by atoms with van der Waals surface area (Å²) < 4.78 is 45.0. The number of alkyl halides is 3. The monoisotopic (exact) mass is 299 g/mol. The Balaban J connectivity index is 2.25. The Labute approximate surface area is 115 Å². The number of carbonyl (C=O) groups excluding carboxylic acids is 1. The molecule has 0 atom stereocenters. The fraction of sp³-hybridized carbons (Fsp3) is 0.917. The van der Waals surface area contributed by atoms with Crippen molar-refractivity contribution in [3.8, 4) is 0 Å². The summed E-state index contributed by atoms with van der Waals surface area (Å²) in [5, 5.41) is 10.2. The van der Waals surface area contributed by atoms with Gasteiger partial charge in [-0.25, -0.2) is 0 Å². The molecular weight excluding hydrogens is 279 g/mol. The fourth-order valence-electron chi connectivity index (χ4n) is 1.98. The second kappa shape index (κ2) is 7.24. The predicted molar refractivity (Wildman–Crippen MR) is 64.1 cm³/mol. The molecule has 1 N–H and O–H groups in total. The lowest BCUT2D eigenvalue weighted by atomic mass is 9.94. The Bertz CT molecular complexity index is 316. The van der Waals surface area contributed by atoms with Crippen LogP contribution >= 0.6 is 0 Å². The number of carbonyl (C=O) groups is 1. The van der Waals surface area contributed by atoms with Crippen LogP contribution in [-0.2, 0) is 14.3 Å². The van der Waals surface area contributed by atoms with Crippen LogP contribution in [0.4, 0.5) is 13.2 Å². The van der Waals surface area contributed by atoms with Crippen LogP contribution < -0.4 is 0 Å². The molecule has 0 aromatic heterocycles. The topological polar surface area (TPSA) is 59.0 Å². The minimum absolute atomic E-state index is 0.140. The molecule has 0 aromatic rings. The first-order chi connectivity index (χ1) is 9.22. The van der Waals surface area contributed by atoms with Gasteiger partial charge in [-0.05, 0) is 0 Å². The Hall–Kier alpha value is -0.860. The third-order valence-corrected chi connectivity index (χ3v) is 3.11. The molecule has 1 aliphatic heterocycles. The van der Waals surface area contributed by atoms with E-state index in [0.717, 1.165) is 0 Å². The third kappa shape index (κ3) is 6.53. The summed E-state index contributed by atoms with van der Waals surface area (Å²) in [7, 11) is 1.51. The van der Waals surface area contributed by atoms with Crippen molar-refractivity contribution >= 4 is 5.91 Å². The van der Waals surface area contributed by atoms with Gasteiger partial charge in [-0.3, -0.25) is 4.79 Å². The van der Waals surface area contributed by atoms with E-state index in [-0.39, 0.29) is 25.5 Å². The first kappa shape index (κ1) is 17.2. The van der Waals surface area contributed by atoms with Crippen LogP contribution in [-0.4, -0.2) is 67.7 Å². The third-order valence-electron chi connectivity index (χ3n) is 3.11. The normalized spacial score (nSPS) is 18.9. The summed E-state index contributed by atoms with van der Waals surface area (Å²) >= 11 is 0. The van der Waals surface area contributed by atoms with Crippen LogP contribution in [0.15, 0.2) is 0 Å². The summed E-state index contributed by atoms with van der Waals surface area (Å²) in [6.07, 6.45) is -3.64. The number of nitrogens with zero attached hydrogens (tertiary/aromatic N) is 1. The van der Waals surface area contributed by atoms with Crippen molar-refractivity contribution < 1.29 is 32.5 Å². The Kier molecular flexibility index (Phi) is 6.22. The SMILES string of the molecule is CN(CC1(O)CCOCC1)C(=O)CCOCC(F)(F)F. The quantitative estimate of drug-likeness (QED) is 0.742. The molecule has 0 aromatic carbocycles. The molecule has 20 heavy (non-hydrogen) atoms. The minimum atomic E-state index is -4.38. The fourth-order valence-corrected chi connectivity index (χ4v) is 1.98. The molecule has 0 unspecified atom stereocenters. The number of rotatable bonds is 6. The zero-order valence-electron chi connectivity index (χ0n) is 11.4. The first-order valence-electron chi connectivity index (χ1n) is 6.40. The van der Waals surface area contributed by atoms with Gasteiger partial charge in [0, 0.05) is 39.6 Å². The molecule has 8 heteroatoms.